The van der Waals surface area contributed by atoms with E-state index in [2.05, 4.69) is 30.4 Å². The van der Waals surface area contributed by atoms with Crippen LogP contribution in [0.2, 0.25) is 0 Å². The van der Waals surface area contributed by atoms with E-state index < -0.39 is 0 Å². The van der Waals surface area contributed by atoms with Crippen molar-refractivity contribution in [3.63, 3.8) is 0 Å². The molecule has 2 N–H and O–H groups in total. The summed E-state index contributed by atoms with van der Waals surface area (Å²) in [6.45, 7) is 4.16. The van der Waals surface area contributed by atoms with E-state index in [1.165, 1.54) is 11.5 Å². The van der Waals surface area contributed by atoms with Gasteiger partial charge in [0.2, 0.25) is 0 Å². The van der Waals surface area contributed by atoms with Crippen LogP contribution in [-0.4, -0.2) is 41.3 Å². The molecule has 2 aliphatic heterocycles. The Balaban J connectivity index is 1.89. The van der Waals surface area contributed by atoms with E-state index in [0.29, 0.717) is 17.2 Å². The highest BCUT2D eigenvalue weighted by Gasteiger charge is 2.33. The van der Waals surface area contributed by atoms with Gasteiger partial charge in [0.05, 0.1) is 0 Å². The van der Waals surface area contributed by atoms with Crippen LogP contribution in [0.1, 0.15) is 19.8 Å². The fraction of sp³-hybridized carbons (Fsp3) is 1.00. The maximum atomic E-state index is 6.42. The lowest BCUT2D eigenvalue weighted by Gasteiger charge is -2.37. The van der Waals surface area contributed by atoms with Gasteiger partial charge in [-0.25, -0.2) is 0 Å². The molecule has 2 rings (SSSR count). The van der Waals surface area contributed by atoms with E-state index in [-0.39, 0.29) is 0 Å². The van der Waals surface area contributed by atoms with Crippen LogP contribution in [0.25, 0.3) is 0 Å². The number of hydrogen-bond donors (Lipinski definition) is 1. The average Bonchev–Trinajstić information content (AvgIpc) is 2.30. The summed E-state index contributed by atoms with van der Waals surface area (Å²) in [7, 11) is 0. The summed E-state index contributed by atoms with van der Waals surface area (Å²) >= 11 is 4.17. The SMILES string of the molecule is CC1SCCSC1C(N)C1CCOCC1. The lowest BCUT2D eigenvalue weighted by atomic mass is 9.89. The van der Waals surface area contributed by atoms with Crippen molar-refractivity contribution in [1.82, 2.24) is 0 Å². The summed E-state index contributed by atoms with van der Waals surface area (Å²) < 4.78 is 5.40. The molecule has 0 aliphatic carbocycles. The van der Waals surface area contributed by atoms with Crippen LogP contribution < -0.4 is 5.73 Å². The molecule has 0 aromatic carbocycles. The standard InChI is InChI=1S/C11H21NOS2/c1-8-11(15-7-6-14-8)10(12)9-2-4-13-5-3-9/h8-11H,2-7,12H2,1H3. The molecule has 2 heterocycles. The monoisotopic (exact) mass is 247 g/mol. The van der Waals surface area contributed by atoms with Gasteiger partial charge in [0, 0.05) is 41.3 Å². The molecule has 2 fully saturated rings. The van der Waals surface area contributed by atoms with Gasteiger partial charge in [0.25, 0.3) is 0 Å². The molecule has 3 atom stereocenters. The molecule has 0 bridgehead atoms. The predicted molar refractivity (Wildman–Crippen MR) is 69.7 cm³/mol. The van der Waals surface area contributed by atoms with Gasteiger partial charge in [-0.3, -0.25) is 0 Å². The van der Waals surface area contributed by atoms with E-state index in [4.69, 9.17) is 10.5 Å². The highest BCUT2D eigenvalue weighted by atomic mass is 32.2. The van der Waals surface area contributed by atoms with Gasteiger partial charge < -0.3 is 10.5 Å². The van der Waals surface area contributed by atoms with E-state index >= 15 is 0 Å². The van der Waals surface area contributed by atoms with E-state index in [9.17, 15) is 0 Å². The summed E-state index contributed by atoms with van der Waals surface area (Å²) in [5.41, 5.74) is 6.42. The Labute approximate surface area is 101 Å². The molecular weight excluding hydrogens is 226 g/mol. The van der Waals surface area contributed by atoms with Crippen LogP contribution in [0.15, 0.2) is 0 Å². The third-order valence-electron chi connectivity index (χ3n) is 3.43. The summed E-state index contributed by atoms with van der Waals surface area (Å²) in [5, 5.41) is 1.38. The highest BCUT2D eigenvalue weighted by molar-refractivity contribution is 8.07. The molecule has 0 spiro atoms. The second kappa shape index (κ2) is 5.80. The topological polar surface area (TPSA) is 35.2 Å². The first-order chi connectivity index (χ1) is 7.29. The maximum Gasteiger partial charge on any atom is 0.0469 e. The molecule has 0 amide bonds. The minimum absolute atomic E-state index is 0.377. The molecule has 88 valence electrons. The number of hydrogen-bond acceptors (Lipinski definition) is 4. The van der Waals surface area contributed by atoms with Crippen LogP contribution in [0.4, 0.5) is 0 Å². The van der Waals surface area contributed by atoms with Crippen LogP contribution in [-0.2, 0) is 4.74 Å². The second-order valence-electron chi connectivity index (χ2n) is 4.44. The molecule has 2 nitrogen and oxygen atoms in total. The Bertz CT molecular complexity index is 197. The molecule has 2 aliphatic rings. The van der Waals surface area contributed by atoms with Crippen molar-refractivity contribution in [1.29, 1.82) is 0 Å². The third kappa shape index (κ3) is 3.05. The largest absolute Gasteiger partial charge is 0.381 e. The summed E-state index contributed by atoms with van der Waals surface area (Å²) in [5.74, 6) is 3.26. The van der Waals surface area contributed by atoms with E-state index in [1.807, 2.05) is 0 Å². The fourth-order valence-corrected chi connectivity index (χ4v) is 5.41. The molecule has 0 aromatic rings. The summed E-state index contributed by atoms with van der Waals surface area (Å²) in [6.07, 6.45) is 2.32. The number of rotatable bonds is 2. The van der Waals surface area contributed by atoms with Gasteiger partial charge in [-0.05, 0) is 18.8 Å². The van der Waals surface area contributed by atoms with Crippen molar-refractivity contribution in [2.45, 2.75) is 36.3 Å². The molecule has 2 saturated heterocycles. The number of ether oxygens (including phenoxy) is 1. The molecule has 0 radical (unpaired) electrons. The smallest absolute Gasteiger partial charge is 0.0469 e. The van der Waals surface area contributed by atoms with Crippen LogP contribution >= 0.6 is 23.5 Å². The van der Waals surface area contributed by atoms with Crippen LogP contribution in [0.5, 0.6) is 0 Å². The zero-order valence-corrected chi connectivity index (χ0v) is 11.0. The van der Waals surface area contributed by atoms with Gasteiger partial charge in [-0.1, -0.05) is 6.92 Å². The van der Waals surface area contributed by atoms with Gasteiger partial charge >= 0.3 is 0 Å². The molecule has 0 aromatic heterocycles. The Kier molecular flexibility index (Phi) is 4.68. The van der Waals surface area contributed by atoms with E-state index in [1.54, 1.807) is 0 Å². The fourth-order valence-electron chi connectivity index (χ4n) is 2.44. The van der Waals surface area contributed by atoms with Crippen molar-refractivity contribution in [2.24, 2.45) is 11.7 Å². The van der Waals surface area contributed by atoms with Crippen LogP contribution in [0.3, 0.4) is 0 Å². The van der Waals surface area contributed by atoms with E-state index in [0.717, 1.165) is 31.3 Å². The van der Waals surface area contributed by atoms with Crippen molar-refractivity contribution in [2.75, 3.05) is 24.7 Å². The first-order valence-electron chi connectivity index (χ1n) is 5.85. The van der Waals surface area contributed by atoms with Crippen molar-refractivity contribution >= 4 is 23.5 Å². The highest BCUT2D eigenvalue weighted by Crippen LogP contribution is 2.36. The van der Waals surface area contributed by atoms with Gasteiger partial charge in [0.15, 0.2) is 0 Å². The molecule has 15 heavy (non-hydrogen) atoms. The molecule has 4 heteroatoms. The summed E-state index contributed by atoms with van der Waals surface area (Å²) in [4.78, 5) is 0. The van der Waals surface area contributed by atoms with Gasteiger partial charge in [-0.2, -0.15) is 23.5 Å². The first kappa shape index (κ1) is 12.1. The molecular formula is C11H21NOS2. The predicted octanol–water partition coefficient (Wildman–Crippen LogP) is 1.98. The number of thioether (sulfide) groups is 2. The third-order valence-corrected chi connectivity index (χ3v) is 6.66. The lowest BCUT2D eigenvalue weighted by molar-refractivity contribution is 0.0582. The first-order valence-corrected chi connectivity index (χ1v) is 7.95. The maximum absolute atomic E-state index is 6.42. The Hall–Kier alpha value is 0.620. The lowest BCUT2D eigenvalue weighted by Crippen LogP contribution is -2.47. The minimum Gasteiger partial charge on any atom is -0.381 e. The van der Waals surface area contributed by atoms with Crippen molar-refractivity contribution in [3.8, 4) is 0 Å². The van der Waals surface area contributed by atoms with Gasteiger partial charge in [-0.15, -0.1) is 0 Å². The van der Waals surface area contributed by atoms with Crippen LogP contribution in [0, 0.1) is 5.92 Å². The number of nitrogens with two attached hydrogens (primary N) is 1. The zero-order valence-electron chi connectivity index (χ0n) is 9.35. The van der Waals surface area contributed by atoms with Crippen molar-refractivity contribution < 1.29 is 4.74 Å². The molecule has 3 unspecified atom stereocenters. The zero-order chi connectivity index (χ0) is 10.7. The second-order valence-corrected chi connectivity index (χ2v) is 7.21. The van der Waals surface area contributed by atoms with Gasteiger partial charge in [0.1, 0.15) is 0 Å². The van der Waals surface area contributed by atoms with Crippen molar-refractivity contribution in [3.05, 3.63) is 0 Å². The molecule has 0 saturated carbocycles. The Morgan fingerprint density at radius 1 is 1.20 bits per heavy atom. The quantitative estimate of drug-likeness (QED) is 0.809. The summed E-state index contributed by atoms with van der Waals surface area (Å²) in [6, 6.07) is 0.377. The Morgan fingerprint density at radius 3 is 2.53 bits per heavy atom. The normalized spacial score (nSPS) is 36.4. The minimum atomic E-state index is 0.377. The Morgan fingerprint density at radius 2 is 1.87 bits per heavy atom. The average molecular weight is 247 g/mol.